The summed E-state index contributed by atoms with van der Waals surface area (Å²) in [5.41, 5.74) is 3.11. The number of aromatic nitrogens is 3. The molecule has 5 heterocycles. The lowest BCUT2D eigenvalue weighted by molar-refractivity contribution is -0.0999. The quantitative estimate of drug-likeness (QED) is 0.790. The first kappa shape index (κ1) is 14.7. The third kappa shape index (κ3) is 2.34. The first-order valence-electron chi connectivity index (χ1n) is 9.62. The Morgan fingerprint density at radius 1 is 0.962 bits per heavy atom. The van der Waals surface area contributed by atoms with Gasteiger partial charge in [0.05, 0.1) is 5.69 Å². The highest BCUT2D eigenvalue weighted by Gasteiger charge is 2.48. The first-order valence-corrected chi connectivity index (χ1v) is 9.62. The topological polar surface area (TPSA) is 54.0 Å². The average Bonchev–Trinajstić information content (AvgIpc) is 3.12. The van der Waals surface area contributed by atoms with Crippen molar-refractivity contribution in [2.45, 2.75) is 18.9 Å². The number of fused-ring (bicyclic) bond motifs is 1. The minimum atomic E-state index is 0.319. The lowest BCUT2D eigenvalue weighted by Crippen LogP contribution is -2.61. The van der Waals surface area contributed by atoms with Gasteiger partial charge in [-0.05, 0) is 43.0 Å². The lowest BCUT2D eigenvalue weighted by atomic mass is 9.66. The van der Waals surface area contributed by atoms with Crippen LogP contribution in [0.5, 0.6) is 5.88 Å². The molecule has 4 aliphatic rings. The summed E-state index contributed by atoms with van der Waals surface area (Å²) in [4.78, 5) is 5.84. The van der Waals surface area contributed by atoms with Crippen LogP contribution in [0.1, 0.15) is 12.8 Å². The van der Waals surface area contributed by atoms with E-state index in [0.29, 0.717) is 23.8 Å². The van der Waals surface area contributed by atoms with Crippen LogP contribution >= 0.6 is 0 Å². The van der Waals surface area contributed by atoms with Crippen LogP contribution in [0.15, 0.2) is 42.6 Å². The van der Waals surface area contributed by atoms with Crippen LogP contribution in [-0.2, 0) is 0 Å². The molecule has 2 atom stereocenters. The molecule has 5 heteroatoms. The van der Waals surface area contributed by atoms with Crippen LogP contribution in [0.25, 0.3) is 22.2 Å². The molecule has 3 aliphatic heterocycles. The highest BCUT2D eigenvalue weighted by atomic mass is 16.5. The summed E-state index contributed by atoms with van der Waals surface area (Å²) in [6.45, 7) is 3.69. The molecule has 1 aliphatic carbocycles. The minimum Gasteiger partial charge on any atom is -0.473 e. The summed E-state index contributed by atoms with van der Waals surface area (Å²) >= 11 is 0. The Balaban J connectivity index is 1.23. The maximum atomic E-state index is 6.33. The van der Waals surface area contributed by atoms with E-state index in [4.69, 9.17) is 4.74 Å². The van der Waals surface area contributed by atoms with E-state index in [2.05, 4.69) is 44.3 Å². The van der Waals surface area contributed by atoms with Gasteiger partial charge < -0.3 is 14.6 Å². The maximum Gasteiger partial charge on any atom is 0.233 e. The van der Waals surface area contributed by atoms with Crippen molar-refractivity contribution in [1.29, 1.82) is 0 Å². The minimum absolute atomic E-state index is 0.319. The van der Waals surface area contributed by atoms with Crippen molar-refractivity contribution in [3.05, 3.63) is 42.6 Å². The van der Waals surface area contributed by atoms with Crippen molar-refractivity contribution in [1.82, 2.24) is 20.1 Å². The Morgan fingerprint density at radius 3 is 2.62 bits per heavy atom. The van der Waals surface area contributed by atoms with Gasteiger partial charge in [0, 0.05) is 60.2 Å². The largest absolute Gasteiger partial charge is 0.473 e. The molecule has 1 N–H and O–H groups in total. The van der Waals surface area contributed by atoms with Crippen LogP contribution in [0.4, 0.5) is 0 Å². The molecular formula is C21H22N4O. The summed E-state index contributed by atoms with van der Waals surface area (Å²) in [6.07, 6.45) is 4.91. The van der Waals surface area contributed by atoms with Crippen molar-refractivity contribution >= 4 is 10.9 Å². The number of aromatic amines is 1. The summed E-state index contributed by atoms with van der Waals surface area (Å²) in [5, 5.41) is 10.00. The normalized spacial score (nSPS) is 32.2. The van der Waals surface area contributed by atoms with E-state index < -0.39 is 0 Å². The molecule has 4 bridgehead atoms. The zero-order valence-corrected chi connectivity index (χ0v) is 14.6. The Bertz CT molecular complexity index is 920. The fourth-order valence-corrected chi connectivity index (χ4v) is 5.44. The Labute approximate surface area is 152 Å². The van der Waals surface area contributed by atoms with Gasteiger partial charge in [0.1, 0.15) is 6.10 Å². The molecule has 0 radical (unpaired) electrons. The molecule has 2 aromatic heterocycles. The number of ether oxygens (including phenoxy) is 1. The molecule has 26 heavy (non-hydrogen) atoms. The molecule has 0 amide bonds. The van der Waals surface area contributed by atoms with E-state index in [1.807, 2.05) is 18.3 Å². The molecule has 1 aromatic carbocycles. The van der Waals surface area contributed by atoms with Gasteiger partial charge in [-0.25, -0.2) is 0 Å². The Kier molecular flexibility index (Phi) is 3.14. The molecule has 5 nitrogen and oxygen atoms in total. The number of hydrogen-bond donors (Lipinski definition) is 1. The third-order valence-corrected chi connectivity index (χ3v) is 6.45. The zero-order chi connectivity index (χ0) is 17.1. The van der Waals surface area contributed by atoms with Crippen LogP contribution in [0.2, 0.25) is 0 Å². The second-order valence-corrected chi connectivity index (χ2v) is 8.20. The molecule has 1 saturated carbocycles. The first-order chi connectivity index (χ1) is 12.8. The van der Waals surface area contributed by atoms with Crippen LogP contribution in [0.3, 0.4) is 0 Å². The van der Waals surface area contributed by atoms with Gasteiger partial charge >= 0.3 is 0 Å². The molecule has 3 saturated heterocycles. The second-order valence-electron chi connectivity index (χ2n) is 8.20. The third-order valence-electron chi connectivity index (χ3n) is 6.45. The fraction of sp³-hybridized carbons (Fsp3) is 0.429. The van der Waals surface area contributed by atoms with Crippen LogP contribution in [0, 0.1) is 17.8 Å². The molecule has 4 fully saturated rings. The van der Waals surface area contributed by atoms with Crippen LogP contribution < -0.4 is 4.74 Å². The number of nitrogens with one attached hydrogen (secondary N) is 1. The number of piperidine rings is 3. The second kappa shape index (κ2) is 5.55. The predicted molar refractivity (Wildman–Crippen MR) is 99.9 cm³/mol. The van der Waals surface area contributed by atoms with Gasteiger partial charge in [-0.2, -0.15) is 0 Å². The van der Waals surface area contributed by atoms with Crippen molar-refractivity contribution in [2.75, 3.05) is 19.6 Å². The van der Waals surface area contributed by atoms with E-state index >= 15 is 0 Å². The van der Waals surface area contributed by atoms with Gasteiger partial charge in [-0.1, -0.05) is 6.07 Å². The fourth-order valence-electron chi connectivity index (χ4n) is 5.44. The molecule has 3 aromatic rings. The summed E-state index contributed by atoms with van der Waals surface area (Å²) < 4.78 is 6.33. The van der Waals surface area contributed by atoms with Crippen molar-refractivity contribution < 1.29 is 4.74 Å². The Morgan fingerprint density at radius 2 is 1.85 bits per heavy atom. The SMILES string of the molecule is c1cc2cc(-c3ccc(OC4[C@H]5CC6C[C@H]4CN(C6)C5)nn3)ccc2[nH]1. The molecular weight excluding hydrogens is 324 g/mol. The summed E-state index contributed by atoms with van der Waals surface area (Å²) in [7, 11) is 0. The van der Waals surface area contributed by atoms with Gasteiger partial charge in [0.25, 0.3) is 0 Å². The number of rotatable bonds is 3. The predicted octanol–water partition coefficient (Wildman–Crippen LogP) is 3.34. The van der Waals surface area contributed by atoms with Crippen LogP contribution in [-0.4, -0.2) is 45.8 Å². The van der Waals surface area contributed by atoms with Gasteiger partial charge in [0.15, 0.2) is 0 Å². The lowest BCUT2D eigenvalue weighted by Gasteiger charge is -2.55. The summed E-state index contributed by atoms with van der Waals surface area (Å²) in [5.74, 6) is 2.89. The summed E-state index contributed by atoms with van der Waals surface area (Å²) in [6, 6.07) is 12.4. The highest BCUT2D eigenvalue weighted by Crippen LogP contribution is 2.44. The van der Waals surface area contributed by atoms with Gasteiger partial charge in [-0.3, -0.25) is 0 Å². The number of nitrogens with zero attached hydrogens (tertiary/aromatic N) is 3. The van der Waals surface area contributed by atoms with Gasteiger partial charge in [-0.15, -0.1) is 10.2 Å². The Hall–Kier alpha value is -2.40. The van der Waals surface area contributed by atoms with E-state index in [9.17, 15) is 0 Å². The smallest absolute Gasteiger partial charge is 0.233 e. The van der Waals surface area contributed by atoms with E-state index in [1.54, 1.807) is 0 Å². The monoisotopic (exact) mass is 346 g/mol. The van der Waals surface area contributed by atoms with Crippen molar-refractivity contribution in [3.8, 4) is 17.1 Å². The van der Waals surface area contributed by atoms with E-state index in [-0.39, 0.29) is 0 Å². The number of H-pyrrole nitrogens is 1. The highest BCUT2D eigenvalue weighted by molar-refractivity contribution is 5.84. The molecule has 7 rings (SSSR count). The maximum absolute atomic E-state index is 6.33. The van der Waals surface area contributed by atoms with Gasteiger partial charge in [0.2, 0.25) is 5.88 Å². The van der Waals surface area contributed by atoms with Crippen molar-refractivity contribution in [2.24, 2.45) is 17.8 Å². The van der Waals surface area contributed by atoms with E-state index in [0.717, 1.165) is 22.7 Å². The number of hydrogen-bond acceptors (Lipinski definition) is 4. The zero-order valence-electron chi connectivity index (χ0n) is 14.6. The van der Waals surface area contributed by atoms with Crippen molar-refractivity contribution in [3.63, 3.8) is 0 Å². The molecule has 0 spiro atoms. The average molecular weight is 346 g/mol. The molecule has 132 valence electrons. The number of benzene rings is 1. The van der Waals surface area contributed by atoms with E-state index in [1.165, 1.54) is 37.9 Å². The standard InChI is InChI=1S/C21H22N4O/c1-2-18-15(5-6-22-18)9-14(1)19-3-4-20(24-23-19)26-21-16-7-13-8-17(21)12-25(10-13)11-16/h1-6,9,13,16-17,21-22H,7-8,10-12H2/t13?,16-,17-,21?/m0/s1. The molecule has 0 unspecified atom stereocenters.